The smallest absolute Gasteiger partial charge is 0.315 e. The fourth-order valence-electron chi connectivity index (χ4n) is 2.12. The Morgan fingerprint density at radius 3 is 2.52 bits per heavy atom. The van der Waals surface area contributed by atoms with Gasteiger partial charge in [-0.25, -0.2) is 14.2 Å². The van der Waals surface area contributed by atoms with E-state index in [-0.39, 0.29) is 18.4 Å². The monoisotopic (exact) mass is 337 g/mol. The maximum absolute atomic E-state index is 12.9. The molecule has 1 atom stereocenters. The number of aliphatic hydroxyl groups is 1. The van der Waals surface area contributed by atoms with Crippen LogP contribution in [0.15, 0.2) is 24.3 Å². The van der Waals surface area contributed by atoms with Crippen LogP contribution in [-0.4, -0.2) is 22.7 Å². The van der Waals surface area contributed by atoms with E-state index in [9.17, 15) is 14.3 Å². The third-order valence-electron chi connectivity index (χ3n) is 3.47. The Morgan fingerprint density at radius 1 is 1.30 bits per heavy atom. The fourth-order valence-corrected chi connectivity index (χ4v) is 3.00. The van der Waals surface area contributed by atoms with Gasteiger partial charge in [-0.05, 0) is 38.5 Å². The second-order valence-corrected chi connectivity index (χ2v) is 6.85. The highest BCUT2D eigenvalue weighted by Gasteiger charge is 2.23. The van der Waals surface area contributed by atoms with Gasteiger partial charge in [0.15, 0.2) is 0 Å². The number of halogens is 1. The van der Waals surface area contributed by atoms with E-state index in [2.05, 4.69) is 15.6 Å². The molecule has 2 amide bonds. The number of benzene rings is 1. The number of amides is 2. The van der Waals surface area contributed by atoms with Crippen LogP contribution in [0.4, 0.5) is 9.18 Å². The maximum atomic E-state index is 12.9. The van der Waals surface area contributed by atoms with Crippen LogP contribution >= 0.6 is 11.3 Å². The molecule has 1 aromatic carbocycles. The summed E-state index contributed by atoms with van der Waals surface area (Å²) in [6.45, 7) is 5.79. The Kier molecular flexibility index (Phi) is 5.33. The van der Waals surface area contributed by atoms with Gasteiger partial charge in [-0.3, -0.25) is 0 Å². The zero-order valence-corrected chi connectivity index (χ0v) is 14.1. The molecule has 0 saturated heterocycles. The highest BCUT2D eigenvalue weighted by molar-refractivity contribution is 7.11. The Hall–Kier alpha value is -1.99. The molecule has 5 nitrogen and oxygen atoms in total. The first-order valence-corrected chi connectivity index (χ1v) is 8.02. The molecular weight excluding hydrogens is 317 g/mol. The summed E-state index contributed by atoms with van der Waals surface area (Å²) in [6.07, 6.45) is 0. The van der Waals surface area contributed by atoms with Gasteiger partial charge in [0.25, 0.3) is 0 Å². The van der Waals surface area contributed by atoms with Gasteiger partial charge >= 0.3 is 6.03 Å². The van der Waals surface area contributed by atoms with Gasteiger partial charge in [0.05, 0.1) is 23.8 Å². The van der Waals surface area contributed by atoms with Crippen molar-refractivity contribution >= 4 is 17.4 Å². The summed E-state index contributed by atoms with van der Waals surface area (Å²) < 4.78 is 12.9. The molecule has 0 bridgehead atoms. The Bertz CT molecular complexity index is 683. The van der Waals surface area contributed by atoms with Crippen LogP contribution in [0.3, 0.4) is 0 Å². The molecule has 0 saturated carbocycles. The molecule has 0 unspecified atom stereocenters. The summed E-state index contributed by atoms with van der Waals surface area (Å²) in [5.74, 6) is -0.370. The number of nitrogens with zero attached hydrogens (tertiary/aromatic N) is 1. The molecular formula is C16H20FN3O2S. The average Bonchev–Trinajstić information content (AvgIpc) is 2.81. The number of carbonyl (C=O) groups excluding carboxylic acids is 1. The molecule has 7 heteroatoms. The van der Waals surface area contributed by atoms with Crippen LogP contribution in [0, 0.1) is 19.7 Å². The molecule has 2 rings (SSSR count). The molecule has 0 radical (unpaired) electrons. The van der Waals surface area contributed by atoms with Crippen LogP contribution in [0.2, 0.25) is 0 Å². The lowest BCUT2D eigenvalue weighted by Crippen LogP contribution is -2.43. The zero-order valence-electron chi connectivity index (χ0n) is 13.3. The summed E-state index contributed by atoms with van der Waals surface area (Å²) in [4.78, 5) is 17.2. The second-order valence-electron chi connectivity index (χ2n) is 5.56. The molecule has 1 heterocycles. The van der Waals surface area contributed by atoms with Crippen LogP contribution in [0.1, 0.15) is 28.1 Å². The van der Waals surface area contributed by atoms with E-state index in [0.717, 1.165) is 15.6 Å². The molecule has 0 aliphatic rings. The third kappa shape index (κ3) is 4.74. The van der Waals surface area contributed by atoms with Crippen molar-refractivity contribution in [2.24, 2.45) is 0 Å². The fraction of sp³-hybridized carbons (Fsp3) is 0.375. The number of aryl methyl sites for hydroxylation is 2. The minimum atomic E-state index is -1.28. The zero-order chi connectivity index (χ0) is 17.0. The van der Waals surface area contributed by atoms with Crippen molar-refractivity contribution in [1.82, 2.24) is 15.6 Å². The predicted octanol–water partition coefficient (Wildman–Crippen LogP) is 2.61. The SMILES string of the molecule is Cc1nc(C)c(CNC(=O)NC[C@@](C)(O)c2ccc(F)cc2)s1. The summed E-state index contributed by atoms with van der Waals surface area (Å²) in [5, 5.41) is 16.7. The van der Waals surface area contributed by atoms with Gasteiger partial charge in [-0.15, -0.1) is 11.3 Å². The number of hydrogen-bond acceptors (Lipinski definition) is 4. The highest BCUT2D eigenvalue weighted by Crippen LogP contribution is 2.20. The van der Waals surface area contributed by atoms with Crippen molar-refractivity contribution in [3.8, 4) is 0 Å². The number of carbonyl (C=O) groups is 1. The van der Waals surface area contributed by atoms with Crippen molar-refractivity contribution in [1.29, 1.82) is 0 Å². The van der Waals surface area contributed by atoms with Crippen molar-refractivity contribution in [2.45, 2.75) is 32.9 Å². The third-order valence-corrected chi connectivity index (χ3v) is 4.54. The molecule has 0 spiro atoms. The van der Waals surface area contributed by atoms with Crippen molar-refractivity contribution in [3.63, 3.8) is 0 Å². The predicted molar refractivity (Wildman–Crippen MR) is 87.8 cm³/mol. The molecule has 0 aliphatic heterocycles. The number of hydrogen-bond donors (Lipinski definition) is 3. The van der Waals surface area contributed by atoms with E-state index in [0.29, 0.717) is 12.1 Å². The number of rotatable bonds is 5. The Morgan fingerprint density at radius 2 is 1.96 bits per heavy atom. The van der Waals surface area contributed by atoms with Gasteiger partial charge in [-0.2, -0.15) is 0 Å². The Labute approximate surface area is 138 Å². The largest absolute Gasteiger partial charge is 0.384 e. The standard InChI is InChI=1S/C16H20FN3O2S/c1-10-14(23-11(2)20-10)8-18-15(21)19-9-16(3,22)12-4-6-13(17)7-5-12/h4-7,22H,8-9H2,1-3H3,(H2,18,19,21)/t16-/m1/s1. The van der Waals surface area contributed by atoms with Crippen LogP contribution < -0.4 is 10.6 Å². The van der Waals surface area contributed by atoms with Crippen LogP contribution in [0.25, 0.3) is 0 Å². The van der Waals surface area contributed by atoms with E-state index in [1.165, 1.54) is 35.6 Å². The van der Waals surface area contributed by atoms with Gasteiger partial charge in [0, 0.05) is 4.88 Å². The van der Waals surface area contributed by atoms with E-state index in [1.807, 2.05) is 13.8 Å². The maximum Gasteiger partial charge on any atom is 0.315 e. The van der Waals surface area contributed by atoms with E-state index >= 15 is 0 Å². The highest BCUT2D eigenvalue weighted by atomic mass is 32.1. The van der Waals surface area contributed by atoms with Gasteiger partial charge < -0.3 is 15.7 Å². The first kappa shape index (κ1) is 17.4. The first-order valence-electron chi connectivity index (χ1n) is 7.21. The van der Waals surface area contributed by atoms with Crippen LogP contribution in [0.5, 0.6) is 0 Å². The minimum Gasteiger partial charge on any atom is -0.384 e. The molecule has 3 N–H and O–H groups in total. The van der Waals surface area contributed by atoms with Gasteiger partial charge in [0.1, 0.15) is 11.4 Å². The second kappa shape index (κ2) is 7.06. The van der Waals surface area contributed by atoms with Crippen molar-refractivity contribution < 1.29 is 14.3 Å². The van der Waals surface area contributed by atoms with E-state index < -0.39 is 5.60 Å². The molecule has 2 aromatic rings. The van der Waals surface area contributed by atoms with Gasteiger partial charge in [-0.1, -0.05) is 12.1 Å². The topological polar surface area (TPSA) is 74.2 Å². The lowest BCUT2D eigenvalue weighted by molar-refractivity contribution is 0.0593. The summed E-state index contributed by atoms with van der Waals surface area (Å²) in [5.41, 5.74) is 0.168. The Balaban J connectivity index is 1.85. The van der Waals surface area contributed by atoms with Gasteiger partial charge in [0.2, 0.25) is 0 Å². The summed E-state index contributed by atoms with van der Waals surface area (Å²) in [7, 11) is 0. The number of aromatic nitrogens is 1. The lowest BCUT2D eigenvalue weighted by atomic mass is 9.96. The molecule has 124 valence electrons. The summed E-state index contributed by atoms with van der Waals surface area (Å²) in [6, 6.07) is 5.17. The molecule has 1 aromatic heterocycles. The van der Waals surface area contributed by atoms with E-state index in [1.54, 1.807) is 6.92 Å². The normalized spacial score (nSPS) is 13.4. The lowest BCUT2D eigenvalue weighted by Gasteiger charge is -2.24. The number of urea groups is 1. The molecule has 23 heavy (non-hydrogen) atoms. The first-order chi connectivity index (χ1) is 10.8. The summed E-state index contributed by atoms with van der Waals surface area (Å²) >= 11 is 1.54. The number of nitrogens with one attached hydrogen (secondary N) is 2. The average molecular weight is 337 g/mol. The van der Waals surface area contributed by atoms with E-state index in [4.69, 9.17) is 0 Å². The molecule has 0 aliphatic carbocycles. The quantitative estimate of drug-likeness (QED) is 0.785. The minimum absolute atomic E-state index is 0.0190. The molecule has 0 fully saturated rings. The number of thiazole rings is 1. The van der Waals surface area contributed by atoms with Crippen molar-refractivity contribution in [2.75, 3.05) is 6.54 Å². The van der Waals surface area contributed by atoms with Crippen molar-refractivity contribution in [3.05, 3.63) is 51.2 Å². The van der Waals surface area contributed by atoms with Crippen LogP contribution in [-0.2, 0) is 12.1 Å².